The van der Waals surface area contributed by atoms with Crippen LogP contribution in [0.5, 0.6) is 0 Å². The lowest BCUT2D eigenvalue weighted by Gasteiger charge is -2.39. The molecular formula is C15H32ClN3O2S. The van der Waals surface area contributed by atoms with Crippen molar-refractivity contribution in [2.24, 2.45) is 17.8 Å². The molecule has 2 fully saturated rings. The van der Waals surface area contributed by atoms with Gasteiger partial charge in [0.25, 0.3) is 10.2 Å². The van der Waals surface area contributed by atoms with Gasteiger partial charge in [-0.15, -0.1) is 12.4 Å². The highest BCUT2D eigenvalue weighted by Gasteiger charge is 2.36. The second-order valence-electron chi connectivity index (χ2n) is 7.01. The highest BCUT2D eigenvalue weighted by molar-refractivity contribution is 7.86. The maximum Gasteiger partial charge on any atom is 0.281 e. The maximum atomic E-state index is 12.8. The summed E-state index contributed by atoms with van der Waals surface area (Å²) in [5, 5.41) is 3.18. The zero-order valence-corrected chi connectivity index (χ0v) is 15.8. The topological polar surface area (TPSA) is 52.7 Å². The molecule has 2 saturated heterocycles. The first-order valence-electron chi connectivity index (χ1n) is 8.33. The predicted molar refractivity (Wildman–Crippen MR) is 93.5 cm³/mol. The zero-order chi connectivity index (χ0) is 15.5. The zero-order valence-electron chi connectivity index (χ0n) is 14.1. The van der Waals surface area contributed by atoms with Crippen LogP contribution < -0.4 is 5.32 Å². The third-order valence-electron chi connectivity index (χ3n) is 4.86. The average molecular weight is 354 g/mol. The summed E-state index contributed by atoms with van der Waals surface area (Å²) in [4.78, 5) is 0. The summed E-state index contributed by atoms with van der Waals surface area (Å²) >= 11 is 0. The minimum absolute atomic E-state index is 0. The molecule has 0 amide bonds. The van der Waals surface area contributed by atoms with E-state index in [0.29, 0.717) is 43.9 Å². The van der Waals surface area contributed by atoms with Crippen LogP contribution in [0.15, 0.2) is 0 Å². The Morgan fingerprint density at radius 1 is 1.05 bits per heavy atom. The van der Waals surface area contributed by atoms with E-state index in [9.17, 15) is 8.42 Å². The molecule has 132 valence electrons. The molecule has 2 aliphatic heterocycles. The Hall–Kier alpha value is 0.120. The standard InChI is InChI=1S/C15H31N3O2S.ClH/c1-13-10-14(2)12-18(11-13)21(19,20)17-8-5-15(6-9-17)4-7-16-3;/h13-16H,4-12H2,1-3H3;1H. The first-order chi connectivity index (χ1) is 9.93. The molecule has 1 N–H and O–H groups in total. The average Bonchev–Trinajstić information content (AvgIpc) is 2.44. The van der Waals surface area contributed by atoms with Crippen LogP contribution in [-0.2, 0) is 10.2 Å². The van der Waals surface area contributed by atoms with Crippen molar-refractivity contribution in [1.82, 2.24) is 13.9 Å². The molecule has 7 heteroatoms. The van der Waals surface area contributed by atoms with Crippen LogP contribution in [0.4, 0.5) is 0 Å². The van der Waals surface area contributed by atoms with Crippen molar-refractivity contribution in [3.05, 3.63) is 0 Å². The highest BCUT2D eigenvalue weighted by atomic mass is 35.5. The molecule has 0 radical (unpaired) electrons. The van der Waals surface area contributed by atoms with Gasteiger partial charge in [-0.2, -0.15) is 17.0 Å². The van der Waals surface area contributed by atoms with Gasteiger partial charge in [-0.3, -0.25) is 0 Å². The first-order valence-corrected chi connectivity index (χ1v) is 9.73. The smallest absolute Gasteiger partial charge is 0.281 e. The second kappa shape index (κ2) is 8.83. The predicted octanol–water partition coefficient (Wildman–Crippen LogP) is 1.95. The molecule has 2 rings (SSSR count). The number of halogens is 1. The summed E-state index contributed by atoms with van der Waals surface area (Å²) in [5.74, 6) is 1.61. The van der Waals surface area contributed by atoms with Gasteiger partial charge in [0, 0.05) is 26.2 Å². The summed E-state index contributed by atoms with van der Waals surface area (Å²) in [6.45, 7) is 8.09. The number of nitrogens with zero attached hydrogens (tertiary/aromatic N) is 2. The Bertz CT molecular complexity index is 415. The van der Waals surface area contributed by atoms with Gasteiger partial charge in [0.05, 0.1) is 0 Å². The minimum Gasteiger partial charge on any atom is -0.320 e. The SMILES string of the molecule is CNCCC1CCN(S(=O)(=O)N2CC(C)CC(C)C2)CC1.Cl. The summed E-state index contributed by atoms with van der Waals surface area (Å²) < 4.78 is 29.0. The normalized spacial score (nSPS) is 29.2. The van der Waals surface area contributed by atoms with E-state index < -0.39 is 10.2 Å². The monoisotopic (exact) mass is 353 g/mol. The van der Waals surface area contributed by atoms with Gasteiger partial charge in [0.2, 0.25) is 0 Å². The number of hydrogen-bond donors (Lipinski definition) is 1. The summed E-state index contributed by atoms with van der Waals surface area (Å²) in [6.07, 6.45) is 4.29. The highest BCUT2D eigenvalue weighted by Crippen LogP contribution is 2.28. The number of rotatable bonds is 5. The van der Waals surface area contributed by atoms with Crippen molar-refractivity contribution in [2.45, 2.75) is 39.5 Å². The number of nitrogens with one attached hydrogen (secondary N) is 1. The Balaban J connectivity index is 0.00000242. The number of piperidine rings is 2. The van der Waals surface area contributed by atoms with Crippen molar-refractivity contribution >= 4 is 22.6 Å². The lowest BCUT2D eigenvalue weighted by Crippen LogP contribution is -2.51. The van der Waals surface area contributed by atoms with Gasteiger partial charge >= 0.3 is 0 Å². The molecule has 0 saturated carbocycles. The van der Waals surface area contributed by atoms with Gasteiger partial charge in [-0.1, -0.05) is 13.8 Å². The maximum absolute atomic E-state index is 12.8. The molecule has 0 spiro atoms. The van der Waals surface area contributed by atoms with E-state index in [4.69, 9.17) is 0 Å². The third-order valence-corrected chi connectivity index (χ3v) is 6.83. The van der Waals surface area contributed by atoms with Gasteiger partial charge in [0.1, 0.15) is 0 Å². The molecule has 2 heterocycles. The summed E-state index contributed by atoms with van der Waals surface area (Å²) in [7, 11) is -1.27. The van der Waals surface area contributed by atoms with Crippen molar-refractivity contribution in [3.63, 3.8) is 0 Å². The van der Waals surface area contributed by atoms with Crippen molar-refractivity contribution < 1.29 is 8.42 Å². The van der Waals surface area contributed by atoms with Gasteiger partial charge < -0.3 is 5.32 Å². The molecule has 2 aliphatic rings. The minimum atomic E-state index is -3.24. The van der Waals surface area contributed by atoms with E-state index in [1.165, 1.54) is 0 Å². The molecule has 5 nitrogen and oxygen atoms in total. The summed E-state index contributed by atoms with van der Waals surface area (Å²) in [5.41, 5.74) is 0. The van der Waals surface area contributed by atoms with Crippen LogP contribution in [0.1, 0.15) is 39.5 Å². The Labute approximate surface area is 142 Å². The Morgan fingerprint density at radius 3 is 2.09 bits per heavy atom. The second-order valence-corrected chi connectivity index (χ2v) is 8.93. The van der Waals surface area contributed by atoms with Gasteiger partial charge in [0.15, 0.2) is 0 Å². The number of hydrogen-bond acceptors (Lipinski definition) is 3. The van der Waals surface area contributed by atoms with Gasteiger partial charge in [-0.25, -0.2) is 0 Å². The van der Waals surface area contributed by atoms with Crippen molar-refractivity contribution in [3.8, 4) is 0 Å². The van der Waals surface area contributed by atoms with E-state index in [1.54, 1.807) is 8.61 Å². The van der Waals surface area contributed by atoms with E-state index in [-0.39, 0.29) is 12.4 Å². The van der Waals surface area contributed by atoms with Crippen molar-refractivity contribution in [2.75, 3.05) is 39.8 Å². The fourth-order valence-corrected chi connectivity index (χ4v) is 5.62. The van der Waals surface area contributed by atoms with E-state index in [0.717, 1.165) is 32.2 Å². The van der Waals surface area contributed by atoms with Crippen LogP contribution >= 0.6 is 12.4 Å². The van der Waals surface area contributed by atoms with Gasteiger partial charge in [-0.05, 0) is 57.0 Å². The van der Waals surface area contributed by atoms with Crippen molar-refractivity contribution in [1.29, 1.82) is 0 Å². The van der Waals surface area contributed by atoms with E-state index >= 15 is 0 Å². The third kappa shape index (κ3) is 5.06. The quantitative estimate of drug-likeness (QED) is 0.822. The molecule has 0 aromatic rings. The molecule has 0 aliphatic carbocycles. The molecule has 22 heavy (non-hydrogen) atoms. The van der Waals surface area contributed by atoms with Crippen LogP contribution in [0.25, 0.3) is 0 Å². The molecule has 2 unspecified atom stereocenters. The Morgan fingerprint density at radius 2 is 1.59 bits per heavy atom. The molecular weight excluding hydrogens is 322 g/mol. The molecule has 0 aromatic carbocycles. The molecule has 0 aromatic heterocycles. The van der Waals surface area contributed by atoms with Crippen LogP contribution in [-0.4, -0.2) is 56.8 Å². The first kappa shape index (κ1) is 20.2. The fourth-order valence-electron chi connectivity index (χ4n) is 3.73. The molecule has 0 bridgehead atoms. The Kier molecular flexibility index (Phi) is 8.09. The van der Waals surface area contributed by atoms with Crippen LogP contribution in [0.2, 0.25) is 0 Å². The van der Waals surface area contributed by atoms with E-state index in [2.05, 4.69) is 19.2 Å². The fraction of sp³-hybridized carbons (Fsp3) is 1.00. The summed E-state index contributed by atoms with van der Waals surface area (Å²) in [6, 6.07) is 0. The molecule has 2 atom stereocenters. The van der Waals surface area contributed by atoms with E-state index in [1.807, 2.05) is 7.05 Å². The van der Waals surface area contributed by atoms with Crippen LogP contribution in [0.3, 0.4) is 0 Å². The lowest BCUT2D eigenvalue weighted by atomic mass is 9.94. The largest absolute Gasteiger partial charge is 0.320 e. The lowest BCUT2D eigenvalue weighted by molar-refractivity contribution is 0.194. The van der Waals surface area contributed by atoms with Crippen LogP contribution in [0, 0.1) is 17.8 Å².